The third-order valence-electron chi connectivity index (χ3n) is 3.52. The van der Waals surface area contributed by atoms with E-state index in [0.717, 1.165) is 37.1 Å². The molecule has 0 saturated heterocycles. The van der Waals surface area contributed by atoms with E-state index in [1.54, 1.807) is 0 Å². The van der Waals surface area contributed by atoms with Crippen LogP contribution in [0.1, 0.15) is 36.1 Å². The molecule has 0 aliphatic heterocycles. The predicted octanol–water partition coefficient (Wildman–Crippen LogP) is 1.93. The van der Waals surface area contributed by atoms with Crippen molar-refractivity contribution in [2.45, 2.75) is 32.1 Å². The van der Waals surface area contributed by atoms with Gasteiger partial charge in [-0.2, -0.15) is 0 Å². The molecule has 0 radical (unpaired) electrons. The first-order chi connectivity index (χ1) is 9.58. The van der Waals surface area contributed by atoms with E-state index in [0.29, 0.717) is 17.5 Å². The Balaban J connectivity index is 2.11. The van der Waals surface area contributed by atoms with Crippen LogP contribution in [-0.4, -0.2) is 42.1 Å². The topological polar surface area (TPSA) is 51.4 Å². The lowest BCUT2D eigenvalue weighted by molar-refractivity contribution is 0.272. The van der Waals surface area contributed by atoms with Gasteiger partial charge in [-0.3, -0.25) is 0 Å². The number of hydrogen-bond acceptors (Lipinski definition) is 4. The van der Waals surface area contributed by atoms with Crippen molar-refractivity contribution in [3.8, 4) is 5.88 Å². The van der Waals surface area contributed by atoms with Gasteiger partial charge in [0.25, 0.3) is 0 Å². The maximum absolute atomic E-state index is 5.81. The van der Waals surface area contributed by atoms with Crippen molar-refractivity contribution in [2.75, 3.05) is 27.2 Å². The highest BCUT2D eigenvalue weighted by Gasteiger charge is 2.17. The van der Waals surface area contributed by atoms with E-state index in [1.807, 2.05) is 0 Å². The van der Waals surface area contributed by atoms with Crippen molar-refractivity contribution in [3.63, 3.8) is 0 Å². The van der Waals surface area contributed by atoms with E-state index in [9.17, 15) is 0 Å². The number of aryl methyl sites for hydroxylation is 2. The zero-order chi connectivity index (χ0) is 14.5. The molecular formula is C15H23N3OS. The van der Waals surface area contributed by atoms with Crippen LogP contribution in [0.5, 0.6) is 5.88 Å². The second-order valence-corrected chi connectivity index (χ2v) is 5.96. The molecule has 0 amide bonds. The number of pyridine rings is 1. The van der Waals surface area contributed by atoms with Crippen molar-refractivity contribution in [1.82, 2.24) is 9.88 Å². The molecule has 0 unspecified atom stereocenters. The van der Waals surface area contributed by atoms with Crippen LogP contribution in [0.25, 0.3) is 0 Å². The molecule has 2 N–H and O–H groups in total. The van der Waals surface area contributed by atoms with Gasteiger partial charge in [0.15, 0.2) is 0 Å². The molecular weight excluding hydrogens is 270 g/mol. The number of nitrogens with zero attached hydrogens (tertiary/aromatic N) is 2. The Labute approximate surface area is 126 Å². The van der Waals surface area contributed by atoms with E-state index in [4.69, 9.17) is 22.7 Å². The van der Waals surface area contributed by atoms with Gasteiger partial charge in [-0.05, 0) is 57.8 Å². The van der Waals surface area contributed by atoms with E-state index >= 15 is 0 Å². The van der Waals surface area contributed by atoms with E-state index in [2.05, 4.69) is 30.0 Å². The van der Waals surface area contributed by atoms with Crippen LogP contribution in [0.4, 0.5) is 0 Å². The molecule has 1 heterocycles. The number of aromatic nitrogens is 1. The molecule has 2 rings (SSSR count). The highest BCUT2D eigenvalue weighted by atomic mass is 32.1. The number of hydrogen-bond donors (Lipinski definition) is 1. The molecule has 0 aromatic carbocycles. The van der Waals surface area contributed by atoms with Crippen molar-refractivity contribution in [2.24, 2.45) is 5.73 Å². The van der Waals surface area contributed by atoms with Gasteiger partial charge in [0.1, 0.15) is 4.99 Å². The fourth-order valence-corrected chi connectivity index (χ4v) is 2.60. The lowest BCUT2D eigenvalue weighted by Gasteiger charge is -2.18. The minimum absolute atomic E-state index is 0.369. The fourth-order valence-electron chi connectivity index (χ4n) is 2.45. The van der Waals surface area contributed by atoms with Crippen LogP contribution in [0, 0.1) is 0 Å². The summed E-state index contributed by atoms with van der Waals surface area (Å²) < 4.78 is 5.81. The Hall–Kier alpha value is -1.20. The van der Waals surface area contributed by atoms with Gasteiger partial charge in [-0.15, -0.1) is 0 Å². The van der Waals surface area contributed by atoms with E-state index < -0.39 is 0 Å². The molecule has 1 aliphatic carbocycles. The van der Waals surface area contributed by atoms with Gasteiger partial charge in [0, 0.05) is 12.2 Å². The average Bonchev–Trinajstić information content (AvgIpc) is 2.42. The quantitative estimate of drug-likeness (QED) is 0.641. The summed E-state index contributed by atoms with van der Waals surface area (Å²) in [5.41, 5.74) is 9.02. The maximum Gasteiger partial charge on any atom is 0.224 e. The van der Waals surface area contributed by atoms with Crippen LogP contribution >= 0.6 is 12.2 Å². The molecule has 0 bridgehead atoms. The Morgan fingerprint density at radius 1 is 1.40 bits per heavy atom. The summed E-state index contributed by atoms with van der Waals surface area (Å²) in [6.07, 6.45) is 5.48. The second kappa shape index (κ2) is 6.99. The minimum atomic E-state index is 0.369. The second-order valence-electron chi connectivity index (χ2n) is 5.52. The molecule has 0 atom stereocenters. The summed E-state index contributed by atoms with van der Waals surface area (Å²) in [6, 6.07) is 2.07. The molecule has 1 aromatic heterocycles. The van der Waals surface area contributed by atoms with Gasteiger partial charge < -0.3 is 15.4 Å². The summed E-state index contributed by atoms with van der Waals surface area (Å²) in [5.74, 6) is 0.608. The van der Waals surface area contributed by atoms with Crippen LogP contribution in [0.2, 0.25) is 0 Å². The molecule has 20 heavy (non-hydrogen) atoms. The smallest absolute Gasteiger partial charge is 0.224 e. The van der Waals surface area contributed by atoms with Crippen molar-refractivity contribution < 1.29 is 4.74 Å². The number of rotatable bonds is 6. The summed E-state index contributed by atoms with van der Waals surface area (Å²) in [5, 5.41) is 0. The maximum atomic E-state index is 5.81. The van der Waals surface area contributed by atoms with Gasteiger partial charge in [0.05, 0.1) is 12.2 Å². The molecule has 0 spiro atoms. The zero-order valence-corrected chi connectivity index (χ0v) is 13.1. The lowest BCUT2D eigenvalue weighted by atomic mass is 9.95. The van der Waals surface area contributed by atoms with Crippen LogP contribution in [-0.2, 0) is 12.8 Å². The molecule has 110 valence electrons. The van der Waals surface area contributed by atoms with Crippen molar-refractivity contribution >= 4 is 17.2 Å². The highest BCUT2D eigenvalue weighted by molar-refractivity contribution is 7.80. The number of fused-ring (bicyclic) bond motifs is 1. The Bertz CT molecular complexity index is 488. The Morgan fingerprint density at radius 2 is 2.15 bits per heavy atom. The average molecular weight is 293 g/mol. The zero-order valence-electron chi connectivity index (χ0n) is 12.3. The van der Waals surface area contributed by atoms with E-state index in [-0.39, 0.29) is 0 Å². The number of ether oxygens (including phenoxy) is 1. The Kier molecular flexibility index (Phi) is 5.31. The summed E-state index contributed by atoms with van der Waals surface area (Å²) in [6.45, 7) is 1.63. The SMILES string of the molecule is CN(C)CCCOc1nc2c(cc1C(N)=S)CCCC2. The molecule has 5 heteroatoms. The van der Waals surface area contributed by atoms with Gasteiger partial charge >= 0.3 is 0 Å². The van der Waals surface area contributed by atoms with Crippen LogP contribution < -0.4 is 10.5 Å². The summed E-state index contributed by atoms with van der Waals surface area (Å²) >= 11 is 5.12. The van der Waals surface area contributed by atoms with Crippen molar-refractivity contribution in [3.05, 3.63) is 22.9 Å². The minimum Gasteiger partial charge on any atom is -0.477 e. The van der Waals surface area contributed by atoms with Gasteiger partial charge in [-0.25, -0.2) is 4.98 Å². The van der Waals surface area contributed by atoms with Gasteiger partial charge in [0.2, 0.25) is 5.88 Å². The molecule has 0 saturated carbocycles. The third-order valence-corrected chi connectivity index (χ3v) is 3.74. The van der Waals surface area contributed by atoms with Crippen LogP contribution in [0.3, 0.4) is 0 Å². The molecule has 1 aromatic rings. The predicted molar refractivity (Wildman–Crippen MR) is 85.4 cm³/mol. The van der Waals surface area contributed by atoms with Crippen LogP contribution in [0.15, 0.2) is 6.07 Å². The summed E-state index contributed by atoms with van der Waals surface area (Å²) in [7, 11) is 4.11. The largest absolute Gasteiger partial charge is 0.477 e. The first-order valence-electron chi connectivity index (χ1n) is 7.18. The van der Waals surface area contributed by atoms with Crippen molar-refractivity contribution in [1.29, 1.82) is 0 Å². The molecule has 4 nitrogen and oxygen atoms in total. The number of nitrogens with two attached hydrogens (primary N) is 1. The van der Waals surface area contributed by atoms with E-state index in [1.165, 1.54) is 18.4 Å². The molecule has 1 aliphatic rings. The first-order valence-corrected chi connectivity index (χ1v) is 7.59. The first kappa shape index (κ1) is 15.2. The monoisotopic (exact) mass is 293 g/mol. The number of thiocarbonyl (C=S) groups is 1. The fraction of sp³-hybridized carbons (Fsp3) is 0.600. The Morgan fingerprint density at radius 3 is 2.85 bits per heavy atom. The third kappa shape index (κ3) is 3.90. The highest BCUT2D eigenvalue weighted by Crippen LogP contribution is 2.26. The summed E-state index contributed by atoms with van der Waals surface area (Å²) in [4.78, 5) is 7.15. The van der Waals surface area contributed by atoms with Gasteiger partial charge in [-0.1, -0.05) is 12.2 Å². The standard InChI is InChI=1S/C15H23N3OS/c1-18(2)8-5-9-19-15-12(14(16)20)10-11-6-3-4-7-13(11)17-15/h10H,3-9H2,1-2H3,(H2,16,20). The normalized spacial score (nSPS) is 14.2. The molecule has 0 fully saturated rings. The lowest BCUT2D eigenvalue weighted by Crippen LogP contribution is -2.19.